The van der Waals surface area contributed by atoms with Gasteiger partial charge in [0.25, 0.3) is 5.91 Å². The lowest BCUT2D eigenvalue weighted by Crippen LogP contribution is -2.46. The third-order valence-electron chi connectivity index (χ3n) is 4.58. The lowest BCUT2D eigenvalue weighted by molar-refractivity contribution is -0.133. The van der Waals surface area contributed by atoms with Crippen molar-refractivity contribution >= 4 is 11.8 Å². The molecule has 2 atom stereocenters. The number of nitrogens with zero attached hydrogens (tertiary/aromatic N) is 1. The van der Waals surface area contributed by atoms with E-state index in [0.717, 1.165) is 19.4 Å². The molecule has 5 heteroatoms. The highest BCUT2D eigenvalue weighted by Crippen LogP contribution is 2.33. The Bertz CT molecular complexity index is 724. The molecule has 2 aromatic rings. The standard InChI is InChI=1S/C19H22N2O3/c1-13-6-3-4-7-16(13)17-8-5-10-21(17)19(23)14(2)20-18(22)15-9-11-24-12-15/h3-4,6-7,9,11-12,14,17H,5,8,10H2,1-2H3,(H,20,22)/t14-,17-/m0/s1. The van der Waals surface area contributed by atoms with Crippen LogP contribution in [-0.2, 0) is 4.79 Å². The second-order valence-corrected chi connectivity index (χ2v) is 6.25. The van der Waals surface area contributed by atoms with Crippen molar-refractivity contribution in [2.45, 2.75) is 38.8 Å². The summed E-state index contributed by atoms with van der Waals surface area (Å²) in [5, 5.41) is 2.76. The van der Waals surface area contributed by atoms with Crippen LogP contribution in [0, 0.1) is 6.92 Å². The highest BCUT2D eigenvalue weighted by molar-refractivity contribution is 5.97. The van der Waals surface area contributed by atoms with Crippen molar-refractivity contribution in [3.8, 4) is 0 Å². The number of hydrogen-bond donors (Lipinski definition) is 1. The van der Waals surface area contributed by atoms with E-state index in [2.05, 4.69) is 24.4 Å². The monoisotopic (exact) mass is 326 g/mol. The zero-order valence-electron chi connectivity index (χ0n) is 14.0. The Morgan fingerprint density at radius 3 is 2.79 bits per heavy atom. The van der Waals surface area contributed by atoms with Crippen LogP contribution in [-0.4, -0.2) is 29.3 Å². The smallest absolute Gasteiger partial charge is 0.255 e. The number of carbonyl (C=O) groups is 2. The Kier molecular flexibility index (Phi) is 4.69. The molecule has 0 unspecified atom stereocenters. The molecule has 0 bridgehead atoms. The number of benzene rings is 1. The molecule has 126 valence electrons. The summed E-state index contributed by atoms with van der Waals surface area (Å²) < 4.78 is 4.91. The van der Waals surface area contributed by atoms with Crippen molar-refractivity contribution < 1.29 is 14.0 Å². The summed E-state index contributed by atoms with van der Waals surface area (Å²) in [7, 11) is 0. The number of furan rings is 1. The van der Waals surface area contributed by atoms with E-state index < -0.39 is 6.04 Å². The molecular formula is C19H22N2O3. The van der Waals surface area contributed by atoms with Gasteiger partial charge in [-0.25, -0.2) is 0 Å². The first-order valence-electron chi connectivity index (χ1n) is 8.27. The van der Waals surface area contributed by atoms with E-state index in [1.165, 1.54) is 23.7 Å². The molecule has 0 spiro atoms. The Morgan fingerprint density at radius 1 is 1.29 bits per heavy atom. The van der Waals surface area contributed by atoms with Crippen LogP contribution in [0.25, 0.3) is 0 Å². The normalized spacial score (nSPS) is 18.4. The van der Waals surface area contributed by atoms with Crippen LogP contribution in [0.3, 0.4) is 0 Å². The summed E-state index contributed by atoms with van der Waals surface area (Å²) in [6, 6.07) is 9.27. The van der Waals surface area contributed by atoms with Crippen LogP contribution < -0.4 is 5.32 Å². The summed E-state index contributed by atoms with van der Waals surface area (Å²) in [6.07, 6.45) is 4.75. The summed E-state index contributed by atoms with van der Waals surface area (Å²) >= 11 is 0. The average molecular weight is 326 g/mol. The van der Waals surface area contributed by atoms with Crippen LogP contribution in [0.5, 0.6) is 0 Å². The Balaban J connectivity index is 1.71. The van der Waals surface area contributed by atoms with Gasteiger partial charge in [0.1, 0.15) is 12.3 Å². The molecular weight excluding hydrogens is 304 g/mol. The number of likely N-dealkylation sites (tertiary alicyclic amines) is 1. The second kappa shape index (κ2) is 6.91. The van der Waals surface area contributed by atoms with Crippen molar-refractivity contribution in [2.75, 3.05) is 6.54 Å². The first-order chi connectivity index (χ1) is 11.6. The molecule has 1 aromatic carbocycles. The second-order valence-electron chi connectivity index (χ2n) is 6.25. The minimum absolute atomic E-state index is 0.0439. The fraction of sp³-hybridized carbons (Fsp3) is 0.368. The average Bonchev–Trinajstić information content (AvgIpc) is 3.26. The first-order valence-corrected chi connectivity index (χ1v) is 8.27. The largest absolute Gasteiger partial charge is 0.472 e. The van der Waals surface area contributed by atoms with Crippen LogP contribution in [0.15, 0.2) is 47.3 Å². The van der Waals surface area contributed by atoms with Crippen LogP contribution in [0.1, 0.15) is 47.3 Å². The van der Waals surface area contributed by atoms with Gasteiger partial charge >= 0.3 is 0 Å². The maximum Gasteiger partial charge on any atom is 0.255 e. The molecule has 1 N–H and O–H groups in total. The predicted molar refractivity (Wildman–Crippen MR) is 90.5 cm³/mol. The number of hydrogen-bond acceptors (Lipinski definition) is 3. The molecule has 1 saturated heterocycles. The molecule has 1 aromatic heterocycles. The highest BCUT2D eigenvalue weighted by atomic mass is 16.3. The van der Waals surface area contributed by atoms with Crippen molar-refractivity contribution in [1.82, 2.24) is 10.2 Å². The SMILES string of the molecule is Cc1ccccc1[C@@H]1CCCN1C(=O)[C@H](C)NC(=O)c1ccoc1. The number of rotatable bonds is 4. The van der Waals surface area contributed by atoms with Gasteiger partial charge in [-0.15, -0.1) is 0 Å². The highest BCUT2D eigenvalue weighted by Gasteiger charge is 2.33. The van der Waals surface area contributed by atoms with Gasteiger partial charge < -0.3 is 14.6 Å². The number of carbonyl (C=O) groups excluding carboxylic acids is 2. The first kappa shape index (κ1) is 16.3. The zero-order chi connectivity index (χ0) is 17.1. The lowest BCUT2D eigenvalue weighted by Gasteiger charge is -2.29. The summed E-state index contributed by atoms with van der Waals surface area (Å²) in [5.74, 6) is -0.339. The Morgan fingerprint density at radius 2 is 2.08 bits per heavy atom. The zero-order valence-corrected chi connectivity index (χ0v) is 14.0. The number of aryl methyl sites for hydroxylation is 1. The van der Waals surface area contributed by atoms with E-state index in [9.17, 15) is 9.59 Å². The quantitative estimate of drug-likeness (QED) is 0.939. The van der Waals surface area contributed by atoms with Gasteiger partial charge in [0, 0.05) is 6.54 Å². The minimum atomic E-state index is -0.572. The summed E-state index contributed by atoms with van der Waals surface area (Å²) in [6.45, 7) is 4.53. The molecule has 1 aliphatic heterocycles. The van der Waals surface area contributed by atoms with Gasteiger partial charge in [0.15, 0.2) is 0 Å². The maximum atomic E-state index is 12.8. The number of amides is 2. The van der Waals surface area contributed by atoms with Gasteiger partial charge in [-0.2, -0.15) is 0 Å². The molecule has 0 radical (unpaired) electrons. The molecule has 5 nitrogen and oxygen atoms in total. The summed E-state index contributed by atoms with van der Waals surface area (Å²) in [4.78, 5) is 26.8. The maximum absolute atomic E-state index is 12.8. The van der Waals surface area contributed by atoms with E-state index >= 15 is 0 Å². The van der Waals surface area contributed by atoms with Gasteiger partial charge in [0.2, 0.25) is 5.91 Å². The molecule has 2 amide bonds. The van der Waals surface area contributed by atoms with Crippen molar-refractivity contribution in [3.05, 3.63) is 59.5 Å². The number of nitrogens with one attached hydrogen (secondary N) is 1. The fourth-order valence-corrected chi connectivity index (χ4v) is 3.30. The van der Waals surface area contributed by atoms with Crippen molar-refractivity contribution in [3.63, 3.8) is 0 Å². The summed E-state index contributed by atoms with van der Waals surface area (Å²) in [5.41, 5.74) is 2.81. The lowest BCUT2D eigenvalue weighted by atomic mass is 9.99. The third-order valence-corrected chi connectivity index (χ3v) is 4.58. The minimum Gasteiger partial charge on any atom is -0.472 e. The van der Waals surface area contributed by atoms with Gasteiger partial charge in [-0.3, -0.25) is 9.59 Å². The molecule has 2 heterocycles. The van der Waals surface area contributed by atoms with E-state index in [1.54, 1.807) is 13.0 Å². The van der Waals surface area contributed by atoms with Crippen LogP contribution in [0.2, 0.25) is 0 Å². The van der Waals surface area contributed by atoms with Gasteiger partial charge in [-0.1, -0.05) is 24.3 Å². The van der Waals surface area contributed by atoms with E-state index in [1.807, 2.05) is 17.0 Å². The topological polar surface area (TPSA) is 62.6 Å². The Hall–Kier alpha value is -2.56. The molecule has 3 rings (SSSR count). The van der Waals surface area contributed by atoms with Gasteiger partial charge in [-0.05, 0) is 43.9 Å². The molecule has 1 fully saturated rings. The molecule has 0 saturated carbocycles. The van der Waals surface area contributed by atoms with Crippen molar-refractivity contribution in [2.24, 2.45) is 0 Å². The van der Waals surface area contributed by atoms with Crippen LogP contribution >= 0.6 is 0 Å². The molecule has 1 aliphatic rings. The van der Waals surface area contributed by atoms with Gasteiger partial charge in [0.05, 0.1) is 17.9 Å². The molecule has 24 heavy (non-hydrogen) atoms. The van der Waals surface area contributed by atoms with Crippen molar-refractivity contribution in [1.29, 1.82) is 0 Å². The van der Waals surface area contributed by atoms with E-state index in [0.29, 0.717) is 5.56 Å². The van der Waals surface area contributed by atoms with Crippen LogP contribution in [0.4, 0.5) is 0 Å². The van der Waals surface area contributed by atoms with E-state index in [4.69, 9.17) is 4.42 Å². The predicted octanol–water partition coefficient (Wildman–Crippen LogP) is 3.07. The Labute approximate surface area is 141 Å². The fourth-order valence-electron chi connectivity index (χ4n) is 3.30. The molecule has 0 aliphatic carbocycles. The third kappa shape index (κ3) is 3.20. The van der Waals surface area contributed by atoms with E-state index in [-0.39, 0.29) is 17.9 Å².